The number of nitrogens with one attached hydrogen (secondary N) is 1. The summed E-state index contributed by atoms with van der Waals surface area (Å²) in [5.41, 5.74) is 2.26. The fraction of sp³-hybridized carbons (Fsp3) is 0.429. The molecule has 0 bridgehead atoms. The number of rotatable bonds is 4. The molecule has 3 rings (SSSR count). The largest absolute Gasteiger partial charge is 0.367 e. The van der Waals surface area contributed by atoms with Gasteiger partial charge in [0.15, 0.2) is 0 Å². The van der Waals surface area contributed by atoms with Crippen LogP contribution in [0, 0.1) is 5.41 Å². The van der Waals surface area contributed by atoms with Crippen molar-refractivity contribution in [1.82, 2.24) is 14.9 Å². The number of hydrogen-bond acceptors (Lipinski definition) is 5. The highest BCUT2D eigenvalue weighted by Gasteiger charge is 2.28. The normalized spacial score (nSPS) is 16.1. The van der Waals surface area contributed by atoms with E-state index in [1.807, 2.05) is 45.0 Å². The van der Waals surface area contributed by atoms with E-state index in [9.17, 15) is 9.59 Å². The molecule has 6 nitrogen and oxygen atoms in total. The molecule has 0 aliphatic carbocycles. The van der Waals surface area contributed by atoms with Gasteiger partial charge in [-0.25, -0.2) is 4.79 Å². The van der Waals surface area contributed by atoms with Crippen molar-refractivity contribution in [2.75, 3.05) is 26.2 Å². The molecule has 1 aliphatic rings. The minimum atomic E-state index is -0.513. The third kappa shape index (κ3) is 5.22. The van der Waals surface area contributed by atoms with Crippen LogP contribution >= 0.6 is 11.6 Å². The van der Waals surface area contributed by atoms with Gasteiger partial charge in [0.1, 0.15) is 0 Å². The van der Waals surface area contributed by atoms with Gasteiger partial charge in [0.25, 0.3) is 0 Å². The van der Waals surface area contributed by atoms with E-state index in [1.165, 1.54) is 0 Å². The lowest BCUT2D eigenvalue weighted by molar-refractivity contribution is -0.207. The van der Waals surface area contributed by atoms with Crippen molar-refractivity contribution < 1.29 is 9.63 Å². The first-order chi connectivity index (χ1) is 13.2. The molecule has 0 unspecified atom stereocenters. The van der Waals surface area contributed by atoms with Gasteiger partial charge in [0.2, 0.25) is 5.56 Å². The molecule has 7 heteroatoms. The summed E-state index contributed by atoms with van der Waals surface area (Å²) in [4.78, 5) is 34.4. The number of piperazine rings is 1. The van der Waals surface area contributed by atoms with E-state index in [0.29, 0.717) is 24.7 Å². The number of aromatic nitrogens is 1. The molecule has 1 aliphatic heterocycles. The number of H-pyrrole nitrogens is 1. The molecule has 1 aromatic carbocycles. The van der Waals surface area contributed by atoms with Gasteiger partial charge in [-0.05, 0) is 49.6 Å². The lowest BCUT2D eigenvalue weighted by Crippen LogP contribution is -2.47. The molecule has 150 valence electrons. The zero-order valence-corrected chi connectivity index (χ0v) is 17.3. The highest BCUT2D eigenvalue weighted by atomic mass is 35.5. The number of carbonyl (C=O) groups excluding carboxylic acids is 1. The molecule has 0 spiro atoms. The summed E-state index contributed by atoms with van der Waals surface area (Å²) >= 11 is 5.99. The second-order valence-electron chi connectivity index (χ2n) is 8.08. The lowest BCUT2D eigenvalue weighted by Gasteiger charge is -2.34. The lowest BCUT2D eigenvalue weighted by atomic mass is 9.98. The second kappa shape index (κ2) is 8.47. The third-order valence-electron chi connectivity index (χ3n) is 4.71. The molecule has 1 saturated heterocycles. The Labute approximate surface area is 170 Å². The zero-order valence-electron chi connectivity index (χ0n) is 16.5. The predicted molar refractivity (Wildman–Crippen MR) is 110 cm³/mol. The van der Waals surface area contributed by atoms with Crippen LogP contribution in [0.5, 0.6) is 0 Å². The minimum Gasteiger partial charge on any atom is -0.367 e. The number of nitrogens with zero attached hydrogens (tertiary/aromatic N) is 2. The Morgan fingerprint density at radius 3 is 2.39 bits per heavy atom. The van der Waals surface area contributed by atoms with Crippen molar-refractivity contribution in [3.63, 3.8) is 0 Å². The van der Waals surface area contributed by atoms with Crippen LogP contribution in [-0.2, 0) is 16.2 Å². The van der Waals surface area contributed by atoms with Gasteiger partial charge in [-0.2, -0.15) is 0 Å². The maximum Gasteiger partial charge on any atom is 0.330 e. The number of benzene rings is 1. The standard InChI is InChI=1S/C21H26ClN3O3/c1-21(2,3)20(27)28-25-10-8-24(9-11-25)14-16-13-23-19(26)12-18(16)15-4-6-17(22)7-5-15/h4-7,12-13H,8-11,14H2,1-3H3,(H,23,26). The molecule has 0 atom stereocenters. The van der Waals surface area contributed by atoms with Crippen LogP contribution in [0.25, 0.3) is 11.1 Å². The smallest absolute Gasteiger partial charge is 0.330 e. The highest BCUT2D eigenvalue weighted by Crippen LogP contribution is 2.25. The van der Waals surface area contributed by atoms with Crippen molar-refractivity contribution in [3.05, 3.63) is 57.5 Å². The first-order valence-corrected chi connectivity index (χ1v) is 9.77. The summed E-state index contributed by atoms with van der Waals surface area (Å²) < 4.78 is 0. The highest BCUT2D eigenvalue weighted by molar-refractivity contribution is 6.30. The number of pyridine rings is 1. The van der Waals surface area contributed by atoms with Crippen molar-refractivity contribution in [2.24, 2.45) is 5.41 Å². The summed E-state index contributed by atoms with van der Waals surface area (Å²) in [6, 6.07) is 9.11. The Hall–Kier alpha value is -2.15. The van der Waals surface area contributed by atoms with Gasteiger partial charge in [0, 0.05) is 50.0 Å². The molecule has 1 N–H and O–H groups in total. The topological polar surface area (TPSA) is 65.6 Å². The maximum atomic E-state index is 12.0. The van der Waals surface area contributed by atoms with E-state index in [0.717, 1.165) is 29.8 Å². The number of carbonyl (C=O) groups is 1. The van der Waals surface area contributed by atoms with E-state index in [2.05, 4.69) is 9.88 Å². The van der Waals surface area contributed by atoms with Crippen LogP contribution in [0.4, 0.5) is 0 Å². The Balaban J connectivity index is 1.66. The molecule has 1 aromatic heterocycles. The Morgan fingerprint density at radius 1 is 1.14 bits per heavy atom. The quantitative estimate of drug-likeness (QED) is 0.848. The summed E-state index contributed by atoms with van der Waals surface area (Å²) in [6.45, 7) is 9.10. The predicted octanol–water partition coefficient (Wildman–Crippen LogP) is 3.32. The van der Waals surface area contributed by atoms with E-state index >= 15 is 0 Å². The number of halogens is 1. The molecular formula is C21H26ClN3O3. The molecule has 0 amide bonds. The SMILES string of the molecule is CC(C)(C)C(=O)ON1CCN(Cc2c[nH]c(=O)cc2-c2ccc(Cl)cc2)CC1. The summed E-state index contributed by atoms with van der Waals surface area (Å²) in [5, 5.41) is 2.40. The Bertz CT molecular complexity index is 879. The van der Waals surface area contributed by atoms with Crippen molar-refractivity contribution in [3.8, 4) is 11.1 Å². The molecule has 0 radical (unpaired) electrons. The van der Waals surface area contributed by atoms with E-state index in [4.69, 9.17) is 16.4 Å². The molecular weight excluding hydrogens is 378 g/mol. The van der Waals surface area contributed by atoms with Gasteiger partial charge < -0.3 is 9.82 Å². The van der Waals surface area contributed by atoms with Gasteiger partial charge in [-0.3, -0.25) is 9.69 Å². The van der Waals surface area contributed by atoms with Crippen molar-refractivity contribution in [1.29, 1.82) is 0 Å². The van der Waals surface area contributed by atoms with Crippen LogP contribution < -0.4 is 5.56 Å². The monoisotopic (exact) mass is 403 g/mol. The van der Waals surface area contributed by atoms with Gasteiger partial charge in [-0.1, -0.05) is 23.7 Å². The number of hydrogen-bond donors (Lipinski definition) is 1. The average Bonchev–Trinajstić information content (AvgIpc) is 2.64. The minimum absolute atomic E-state index is 0.132. The zero-order chi connectivity index (χ0) is 20.3. The second-order valence-corrected chi connectivity index (χ2v) is 8.51. The van der Waals surface area contributed by atoms with Crippen LogP contribution in [0.15, 0.2) is 41.3 Å². The van der Waals surface area contributed by atoms with E-state index < -0.39 is 5.41 Å². The molecule has 1 fully saturated rings. The van der Waals surface area contributed by atoms with E-state index in [-0.39, 0.29) is 11.5 Å². The average molecular weight is 404 g/mol. The molecule has 2 heterocycles. The van der Waals surface area contributed by atoms with Gasteiger partial charge in [-0.15, -0.1) is 5.06 Å². The van der Waals surface area contributed by atoms with E-state index in [1.54, 1.807) is 17.3 Å². The summed E-state index contributed by atoms with van der Waals surface area (Å²) in [7, 11) is 0. The van der Waals surface area contributed by atoms with Gasteiger partial charge in [0.05, 0.1) is 5.41 Å². The van der Waals surface area contributed by atoms with Crippen molar-refractivity contribution >= 4 is 17.6 Å². The molecule has 28 heavy (non-hydrogen) atoms. The van der Waals surface area contributed by atoms with Crippen molar-refractivity contribution in [2.45, 2.75) is 27.3 Å². The maximum absolute atomic E-state index is 12.0. The Kier molecular flexibility index (Phi) is 6.23. The molecule has 0 saturated carbocycles. The number of aromatic amines is 1. The Morgan fingerprint density at radius 2 is 1.79 bits per heavy atom. The van der Waals surface area contributed by atoms with Crippen LogP contribution in [-0.4, -0.2) is 47.1 Å². The fourth-order valence-corrected chi connectivity index (χ4v) is 3.13. The first kappa shape index (κ1) is 20.6. The van der Waals surface area contributed by atoms with Crippen LogP contribution in [0.3, 0.4) is 0 Å². The fourth-order valence-electron chi connectivity index (χ4n) is 3.00. The van der Waals surface area contributed by atoms with Crippen LogP contribution in [0.1, 0.15) is 26.3 Å². The van der Waals surface area contributed by atoms with Gasteiger partial charge >= 0.3 is 5.97 Å². The summed E-state index contributed by atoms with van der Waals surface area (Å²) in [5.74, 6) is -0.216. The third-order valence-corrected chi connectivity index (χ3v) is 4.97. The number of hydroxylamine groups is 2. The first-order valence-electron chi connectivity index (χ1n) is 9.39. The molecule has 2 aromatic rings. The van der Waals surface area contributed by atoms with Crippen LogP contribution in [0.2, 0.25) is 5.02 Å². The summed E-state index contributed by atoms with van der Waals surface area (Å²) in [6.07, 6.45) is 1.78.